The predicted molar refractivity (Wildman–Crippen MR) is 92.3 cm³/mol. The fraction of sp³-hybridized carbons (Fsp3) is 0.600. The standard InChI is InChI=1S/C15H22N2O4S.ClH/c1-9-10(8-11(22-9)14(19)21-2)17-13(18)12(16)15(20)6-4-3-5-7-15;/h8,12,20H,3-7,16H2,1-2H3,(H,17,18);1H. The third-order valence-corrected chi connectivity index (χ3v) is 5.17. The van der Waals surface area contributed by atoms with E-state index in [0.717, 1.165) is 24.1 Å². The first kappa shape index (κ1) is 19.9. The first-order valence-corrected chi connectivity index (χ1v) is 8.16. The normalized spacial score (nSPS) is 17.7. The maximum Gasteiger partial charge on any atom is 0.348 e. The van der Waals surface area contributed by atoms with Crippen molar-refractivity contribution in [1.29, 1.82) is 0 Å². The van der Waals surface area contributed by atoms with Crippen LogP contribution in [0.25, 0.3) is 0 Å². The number of thiophene rings is 1. The molecular weight excluding hydrogens is 340 g/mol. The summed E-state index contributed by atoms with van der Waals surface area (Å²) < 4.78 is 4.66. The van der Waals surface area contributed by atoms with E-state index in [0.29, 0.717) is 23.4 Å². The van der Waals surface area contributed by atoms with Crippen LogP contribution < -0.4 is 11.1 Å². The van der Waals surface area contributed by atoms with Gasteiger partial charge in [0.2, 0.25) is 5.91 Å². The number of carbonyl (C=O) groups excluding carboxylic acids is 2. The first-order chi connectivity index (χ1) is 10.4. The van der Waals surface area contributed by atoms with Crippen molar-refractivity contribution in [1.82, 2.24) is 0 Å². The number of carbonyl (C=O) groups is 2. The molecule has 4 N–H and O–H groups in total. The zero-order valence-electron chi connectivity index (χ0n) is 13.3. The Bertz CT molecular complexity index is 570. The number of halogens is 1. The number of rotatable bonds is 4. The molecule has 2 rings (SSSR count). The van der Waals surface area contributed by atoms with Crippen molar-refractivity contribution in [3.05, 3.63) is 15.8 Å². The lowest BCUT2D eigenvalue weighted by atomic mass is 9.79. The molecule has 0 saturated heterocycles. The van der Waals surface area contributed by atoms with Gasteiger partial charge in [-0.1, -0.05) is 19.3 Å². The van der Waals surface area contributed by atoms with Gasteiger partial charge in [0, 0.05) is 4.88 Å². The lowest BCUT2D eigenvalue weighted by molar-refractivity contribution is -0.125. The molecule has 0 aromatic carbocycles. The first-order valence-electron chi connectivity index (χ1n) is 7.35. The van der Waals surface area contributed by atoms with Crippen LogP contribution in [0.4, 0.5) is 5.69 Å². The van der Waals surface area contributed by atoms with E-state index in [1.807, 2.05) is 0 Å². The Kier molecular flexibility index (Phi) is 7.01. The van der Waals surface area contributed by atoms with Crippen LogP contribution in [0.2, 0.25) is 0 Å². The monoisotopic (exact) mass is 362 g/mol. The minimum absolute atomic E-state index is 0. The average molecular weight is 363 g/mol. The molecule has 1 amide bonds. The van der Waals surface area contributed by atoms with E-state index in [4.69, 9.17) is 5.73 Å². The molecule has 1 aliphatic rings. The second kappa shape index (κ2) is 8.10. The molecule has 130 valence electrons. The van der Waals surface area contributed by atoms with Crippen molar-refractivity contribution in [2.24, 2.45) is 5.73 Å². The lowest BCUT2D eigenvalue weighted by Crippen LogP contribution is -2.55. The van der Waals surface area contributed by atoms with Gasteiger partial charge >= 0.3 is 5.97 Å². The topological polar surface area (TPSA) is 102 Å². The van der Waals surface area contributed by atoms with Gasteiger partial charge in [-0.2, -0.15) is 0 Å². The molecular formula is C15H23ClN2O4S. The average Bonchev–Trinajstić information content (AvgIpc) is 2.87. The van der Waals surface area contributed by atoms with E-state index in [9.17, 15) is 14.7 Å². The van der Waals surface area contributed by atoms with Crippen LogP contribution in [0, 0.1) is 6.92 Å². The number of amides is 1. The van der Waals surface area contributed by atoms with Crippen molar-refractivity contribution in [2.45, 2.75) is 50.7 Å². The van der Waals surface area contributed by atoms with Crippen LogP contribution in [0.15, 0.2) is 6.07 Å². The third-order valence-electron chi connectivity index (χ3n) is 4.14. The van der Waals surface area contributed by atoms with Crippen LogP contribution in [-0.4, -0.2) is 35.7 Å². The number of aliphatic hydroxyl groups is 1. The van der Waals surface area contributed by atoms with Gasteiger partial charge in [0.05, 0.1) is 18.4 Å². The smallest absolute Gasteiger partial charge is 0.348 e. The molecule has 0 aliphatic heterocycles. The maximum atomic E-state index is 12.3. The number of hydrogen-bond donors (Lipinski definition) is 3. The third kappa shape index (κ3) is 4.44. The Balaban J connectivity index is 0.00000264. The summed E-state index contributed by atoms with van der Waals surface area (Å²) in [5.41, 5.74) is 5.36. The molecule has 0 radical (unpaired) electrons. The minimum Gasteiger partial charge on any atom is -0.465 e. The van der Waals surface area contributed by atoms with Crippen LogP contribution in [-0.2, 0) is 9.53 Å². The van der Waals surface area contributed by atoms with Crippen LogP contribution in [0.1, 0.15) is 46.7 Å². The van der Waals surface area contributed by atoms with E-state index in [-0.39, 0.29) is 12.4 Å². The highest BCUT2D eigenvalue weighted by Gasteiger charge is 2.39. The van der Waals surface area contributed by atoms with Crippen molar-refractivity contribution in [3.63, 3.8) is 0 Å². The van der Waals surface area contributed by atoms with Gasteiger partial charge in [-0.15, -0.1) is 23.7 Å². The van der Waals surface area contributed by atoms with Gasteiger partial charge in [-0.25, -0.2) is 4.79 Å². The highest BCUT2D eigenvalue weighted by atomic mass is 35.5. The highest BCUT2D eigenvalue weighted by Crippen LogP contribution is 2.32. The summed E-state index contributed by atoms with van der Waals surface area (Å²) in [6, 6.07) is 0.593. The number of nitrogens with two attached hydrogens (primary N) is 1. The molecule has 6 nitrogen and oxygen atoms in total. The molecule has 1 aromatic heterocycles. The van der Waals surface area contributed by atoms with Crippen molar-refractivity contribution >= 4 is 41.3 Å². The summed E-state index contributed by atoms with van der Waals surface area (Å²) in [6.07, 6.45) is 3.89. The molecule has 1 atom stereocenters. The fourth-order valence-electron chi connectivity index (χ4n) is 2.74. The SMILES string of the molecule is COC(=O)c1cc(NC(=O)C(N)C2(O)CCCCC2)c(C)s1.Cl. The van der Waals surface area contributed by atoms with Gasteiger partial charge in [0.25, 0.3) is 0 Å². The number of ether oxygens (including phenoxy) is 1. The van der Waals surface area contributed by atoms with Gasteiger partial charge in [-0.3, -0.25) is 4.79 Å². The van der Waals surface area contributed by atoms with Gasteiger partial charge in [0.15, 0.2) is 0 Å². The highest BCUT2D eigenvalue weighted by molar-refractivity contribution is 7.14. The maximum absolute atomic E-state index is 12.3. The molecule has 0 spiro atoms. The van der Waals surface area contributed by atoms with Gasteiger partial charge in [-0.05, 0) is 25.8 Å². The zero-order chi connectivity index (χ0) is 16.3. The number of methoxy groups -OCH3 is 1. The molecule has 1 heterocycles. The second-order valence-corrected chi connectivity index (χ2v) is 6.96. The Hall–Kier alpha value is -1.15. The molecule has 1 aromatic rings. The summed E-state index contributed by atoms with van der Waals surface area (Å²) in [4.78, 5) is 25.0. The largest absolute Gasteiger partial charge is 0.465 e. The Morgan fingerprint density at radius 3 is 2.57 bits per heavy atom. The zero-order valence-corrected chi connectivity index (χ0v) is 14.9. The van der Waals surface area contributed by atoms with Crippen molar-refractivity contribution < 1.29 is 19.4 Å². The minimum atomic E-state index is -1.14. The summed E-state index contributed by atoms with van der Waals surface area (Å²) in [5, 5.41) is 13.2. The van der Waals surface area contributed by atoms with Crippen LogP contribution in [0.3, 0.4) is 0 Å². The number of aryl methyl sites for hydroxylation is 1. The van der Waals surface area contributed by atoms with E-state index in [1.165, 1.54) is 18.4 Å². The van der Waals surface area contributed by atoms with E-state index in [1.54, 1.807) is 13.0 Å². The summed E-state index contributed by atoms with van der Waals surface area (Å²) >= 11 is 1.24. The van der Waals surface area contributed by atoms with Gasteiger partial charge in [0.1, 0.15) is 10.9 Å². The van der Waals surface area contributed by atoms with E-state index in [2.05, 4.69) is 10.1 Å². The summed E-state index contributed by atoms with van der Waals surface area (Å²) in [6.45, 7) is 1.80. The summed E-state index contributed by atoms with van der Waals surface area (Å²) in [5.74, 6) is -0.870. The van der Waals surface area contributed by atoms with Crippen molar-refractivity contribution in [3.8, 4) is 0 Å². The van der Waals surface area contributed by atoms with Crippen molar-refractivity contribution in [2.75, 3.05) is 12.4 Å². The number of anilines is 1. The fourth-order valence-corrected chi connectivity index (χ4v) is 3.63. The van der Waals surface area contributed by atoms with Gasteiger partial charge < -0.3 is 20.9 Å². The molecule has 23 heavy (non-hydrogen) atoms. The number of hydrogen-bond acceptors (Lipinski definition) is 6. The Morgan fingerprint density at radius 1 is 1.39 bits per heavy atom. The van der Waals surface area contributed by atoms with Crippen LogP contribution >= 0.6 is 23.7 Å². The molecule has 1 fully saturated rings. The summed E-state index contributed by atoms with van der Waals surface area (Å²) in [7, 11) is 1.31. The number of nitrogens with one attached hydrogen (secondary N) is 1. The molecule has 8 heteroatoms. The Labute approximate surface area is 145 Å². The Morgan fingerprint density at radius 2 is 2.00 bits per heavy atom. The van der Waals surface area contributed by atoms with Crippen LogP contribution in [0.5, 0.6) is 0 Å². The molecule has 1 aliphatic carbocycles. The predicted octanol–water partition coefficient (Wildman–Crippen LogP) is 2.23. The van der Waals surface area contributed by atoms with E-state index >= 15 is 0 Å². The molecule has 1 saturated carbocycles. The second-order valence-electron chi connectivity index (χ2n) is 5.70. The molecule has 0 bridgehead atoms. The lowest BCUT2D eigenvalue weighted by Gasteiger charge is -2.36. The van der Waals surface area contributed by atoms with E-state index < -0.39 is 23.5 Å². The molecule has 1 unspecified atom stereocenters. The quantitative estimate of drug-likeness (QED) is 0.713. The number of esters is 1.